The second-order valence-electron chi connectivity index (χ2n) is 8.66. The molecule has 0 aliphatic carbocycles. The van der Waals surface area contributed by atoms with Gasteiger partial charge in [0.15, 0.2) is 5.96 Å². The van der Waals surface area contributed by atoms with Crippen molar-refractivity contribution in [3.63, 3.8) is 0 Å². The highest BCUT2D eigenvalue weighted by Gasteiger charge is 2.27. The molecule has 0 spiro atoms. The zero-order valence-corrected chi connectivity index (χ0v) is 18.1. The van der Waals surface area contributed by atoms with Gasteiger partial charge in [0.1, 0.15) is 5.76 Å². The van der Waals surface area contributed by atoms with Crippen molar-refractivity contribution < 1.29 is 4.42 Å². The van der Waals surface area contributed by atoms with Crippen LogP contribution >= 0.6 is 0 Å². The van der Waals surface area contributed by atoms with E-state index in [0.717, 1.165) is 56.7 Å². The molecule has 3 heterocycles. The van der Waals surface area contributed by atoms with Crippen LogP contribution in [0.25, 0.3) is 0 Å². The molecule has 0 saturated carbocycles. The van der Waals surface area contributed by atoms with Gasteiger partial charge in [-0.15, -0.1) is 0 Å². The number of benzene rings is 1. The molecule has 0 amide bonds. The number of furan rings is 1. The molecular formula is C25H36N4O. The van der Waals surface area contributed by atoms with Gasteiger partial charge in [0.25, 0.3) is 0 Å². The Bertz CT molecular complexity index is 753. The number of guanidine groups is 1. The first-order valence-electron chi connectivity index (χ1n) is 11.7. The highest BCUT2D eigenvalue weighted by Crippen LogP contribution is 2.20. The Morgan fingerprint density at radius 2 is 1.87 bits per heavy atom. The minimum atomic E-state index is 0.758. The summed E-state index contributed by atoms with van der Waals surface area (Å²) >= 11 is 0. The summed E-state index contributed by atoms with van der Waals surface area (Å²) in [7, 11) is 0. The maximum Gasteiger partial charge on any atom is 0.193 e. The van der Waals surface area contributed by atoms with Crippen LogP contribution in [0.4, 0.5) is 0 Å². The average Bonchev–Trinajstić information content (AvgIpc) is 3.47. The first kappa shape index (κ1) is 21.0. The molecule has 5 heteroatoms. The highest BCUT2D eigenvalue weighted by atomic mass is 16.3. The SMILES string of the molecule is c1ccc(CCNC(=NCCc2ccco2)N2CCC(CN3CCCCC3)C2)cc1. The van der Waals surface area contributed by atoms with Gasteiger partial charge < -0.3 is 19.5 Å². The molecule has 2 fully saturated rings. The van der Waals surface area contributed by atoms with Crippen LogP contribution in [0.15, 0.2) is 58.1 Å². The number of likely N-dealkylation sites (tertiary alicyclic amines) is 2. The van der Waals surface area contributed by atoms with Gasteiger partial charge in [0.2, 0.25) is 0 Å². The molecule has 2 aliphatic rings. The lowest BCUT2D eigenvalue weighted by Gasteiger charge is -2.29. The molecule has 0 bridgehead atoms. The summed E-state index contributed by atoms with van der Waals surface area (Å²) in [5.41, 5.74) is 1.37. The third-order valence-electron chi connectivity index (χ3n) is 6.29. The topological polar surface area (TPSA) is 44.0 Å². The quantitative estimate of drug-likeness (QED) is 0.533. The van der Waals surface area contributed by atoms with Gasteiger partial charge in [0, 0.05) is 39.1 Å². The number of nitrogens with zero attached hydrogens (tertiary/aromatic N) is 3. The monoisotopic (exact) mass is 408 g/mol. The predicted octanol–water partition coefficient (Wildman–Crippen LogP) is 3.82. The lowest BCUT2D eigenvalue weighted by molar-refractivity contribution is 0.198. The first-order chi connectivity index (χ1) is 14.9. The van der Waals surface area contributed by atoms with E-state index in [9.17, 15) is 0 Å². The molecule has 0 radical (unpaired) electrons. The van der Waals surface area contributed by atoms with Gasteiger partial charge in [-0.05, 0) is 62.4 Å². The van der Waals surface area contributed by atoms with Gasteiger partial charge >= 0.3 is 0 Å². The van der Waals surface area contributed by atoms with Crippen LogP contribution in [0.2, 0.25) is 0 Å². The summed E-state index contributed by atoms with van der Waals surface area (Å²) in [6.07, 6.45) is 9.03. The summed E-state index contributed by atoms with van der Waals surface area (Å²) < 4.78 is 5.47. The van der Waals surface area contributed by atoms with Crippen molar-refractivity contribution in [3.05, 3.63) is 60.1 Å². The Kier molecular flexibility index (Phi) is 7.84. The van der Waals surface area contributed by atoms with Gasteiger partial charge in [-0.3, -0.25) is 4.99 Å². The molecule has 4 rings (SSSR count). The minimum absolute atomic E-state index is 0.758. The Hall–Kier alpha value is -2.27. The Morgan fingerprint density at radius 3 is 2.67 bits per heavy atom. The van der Waals surface area contributed by atoms with E-state index in [1.165, 1.54) is 50.9 Å². The molecular weight excluding hydrogens is 372 g/mol. The standard InChI is InChI=1S/C25H36N4O/c1-3-8-22(9-4-1)11-14-26-25(27-15-12-24-10-7-19-30-24)29-18-13-23(21-29)20-28-16-5-2-6-17-28/h1,3-4,7-10,19,23H,2,5-6,11-18,20-21H2,(H,26,27). The van der Waals surface area contributed by atoms with Crippen molar-refractivity contribution in [3.8, 4) is 0 Å². The largest absolute Gasteiger partial charge is 0.469 e. The summed E-state index contributed by atoms with van der Waals surface area (Å²) in [6.45, 7) is 7.72. The number of hydrogen-bond acceptors (Lipinski definition) is 3. The molecule has 5 nitrogen and oxygen atoms in total. The van der Waals surface area contributed by atoms with E-state index in [2.05, 4.69) is 45.4 Å². The summed E-state index contributed by atoms with van der Waals surface area (Å²) in [6, 6.07) is 14.7. The Balaban J connectivity index is 1.31. The predicted molar refractivity (Wildman–Crippen MR) is 123 cm³/mol. The molecule has 1 aromatic carbocycles. The smallest absolute Gasteiger partial charge is 0.193 e. The number of piperidine rings is 1. The van der Waals surface area contributed by atoms with Crippen LogP contribution in [-0.2, 0) is 12.8 Å². The zero-order chi connectivity index (χ0) is 20.4. The van der Waals surface area contributed by atoms with Crippen molar-refractivity contribution in [1.82, 2.24) is 15.1 Å². The van der Waals surface area contributed by atoms with Crippen LogP contribution in [0.5, 0.6) is 0 Å². The Labute approximate surface area is 181 Å². The lowest BCUT2D eigenvalue weighted by atomic mass is 10.1. The number of aliphatic imine (C=N–C) groups is 1. The third kappa shape index (κ3) is 6.36. The fraction of sp³-hybridized carbons (Fsp3) is 0.560. The van der Waals surface area contributed by atoms with Gasteiger partial charge in [-0.25, -0.2) is 0 Å². The molecule has 2 aromatic rings. The summed E-state index contributed by atoms with van der Waals surface area (Å²) in [4.78, 5) is 10.1. The fourth-order valence-electron chi connectivity index (χ4n) is 4.64. The molecule has 30 heavy (non-hydrogen) atoms. The van der Waals surface area contributed by atoms with E-state index in [-0.39, 0.29) is 0 Å². The Morgan fingerprint density at radius 1 is 1.00 bits per heavy atom. The van der Waals surface area contributed by atoms with Gasteiger partial charge in [0.05, 0.1) is 6.26 Å². The van der Waals surface area contributed by atoms with Crippen molar-refractivity contribution >= 4 is 5.96 Å². The zero-order valence-electron chi connectivity index (χ0n) is 18.1. The molecule has 1 atom stereocenters. The van der Waals surface area contributed by atoms with E-state index in [1.54, 1.807) is 6.26 Å². The van der Waals surface area contributed by atoms with Crippen LogP contribution in [0, 0.1) is 5.92 Å². The summed E-state index contributed by atoms with van der Waals surface area (Å²) in [5.74, 6) is 2.83. The number of hydrogen-bond donors (Lipinski definition) is 1. The van der Waals surface area contributed by atoms with Crippen molar-refractivity contribution in [1.29, 1.82) is 0 Å². The van der Waals surface area contributed by atoms with Crippen molar-refractivity contribution in [2.75, 3.05) is 45.8 Å². The first-order valence-corrected chi connectivity index (χ1v) is 11.7. The second-order valence-corrected chi connectivity index (χ2v) is 8.66. The fourth-order valence-corrected chi connectivity index (χ4v) is 4.64. The van der Waals surface area contributed by atoms with Crippen LogP contribution in [0.1, 0.15) is 37.0 Å². The second kappa shape index (κ2) is 11.2. The van der Waals surface area contributed by atoms with E-state index in [1.807, 2.05) is 12.1 Å². The van der Waals surface area contributed by atoms with Gasteiger partial charge in [-0.1, -0.05) is 36.8 Å². The third-order valence-corrected chi connectivity index (χ3v) is 6.29. The molecule has 1 unspecified atom stereocenters. The summed E-state index contributed by atoms with van der Waals surface area (Å²) in [5, 5.41) is 3.65. The van der Waals surface area contributed by atoms with Crippen LogP contribution in [-0.4, -0.2) is 61.6 Å². The molecule has 2 aliphatic heterocycles. The van der Waals surface area contributed by atoms with E-state index < -0.39 is 0 Å². The molecule has 162 valence electrons. The molecule has 1 aromatic heterocycles. The molecule has 2 saturated heterocycles. The number of nitrogens with one attached hydrogen (secondary N) is 1. The van der Waals surface area contributed by atoms with Gasteiger partial charge in [-0.2, -0.15) is 0 Å². The van der Waals surface area contributed by atoms with Crippen molar-refractivity contribution in [2.24, 2.45) is 10.9 Å². The van der Waals surface area contributed by atoms with Crippen LogP contribution in [0.3, 0.4) is 0 Å². The maximum absolute atomic E-state index is 5.47. The maximum atomic E-state index is 5.47. The normalized spacial score (nSPS) is 20.6. The van der Waals surface area contributed by atoms with E-state index in [4.69, 9.17) is 9.41 Å². The lowest BCUT2D eigenvalue weighted by Crippen LogP contribution is -2.42. The number of rotatable bonds is 8. The van der Waals surface area contributed by atoms with Crippen LogP contribution < -0.4 is 5.32 Å². The van der Waals surface area contributed by atoms with E-state index >= 15 is 0 Å². The highest BCUT2D eigenvalue weighted by molar-refractivity contribution is 5.80. The minimum Gasteiger partial charge on any atom is -0.469 e. The van der Waals surface area contributed by atoms with Crippen molar-refractivity contribution in [2.45, 2.75) is 38.5 Å². The van der Waals surface area contributed by atoms with E-state index in [0.29, 0.717) is 0 Å². The molecule has 1 N–H and O–H groups in total. The average molecular weight is 409 g/mol.